The van der Waals surface area contributed by atoms with E-state index in [0.717, 1.165) is 11.1 Å². The molecule has 0 spiro atoms. The van der Waals surface area contributed by atoms with E-state index in [1.807, 2.05) is 25.1 Å². The molecule has 28 heavy (non-hydrogen) atoms. The van der Waals surface area contributed by atoms with Gasteiger partial charge in [-0.05, 0) is 55.0 Å². The Hall–Kier alpha value is -3.39. The highest BCUT2D eigenvalue weighted by atomic mass is 32.1. The van der Waals surface area contributed by atoms with Gasteiger partial charge in [-0.15, -0.1) is 0 Å². The van der Waals surface area contributed by atoms with Crippen molar-refractivity contribution in [1.29, 1.82) is 0 Å². The highest BCUT2D eigenvalue weighted by molar-refractivity contribution is 7.71. The minimum absolute atomic E-state index is 0.256. The van der Waals surface area contributed by atoms with Gasteiger partial charge in [-0.1, -0.05) is 23.8 Å². The van der Waals surface area contributed by atoms with Gasteiger partial charge in [-0.2, -0.15) is 4.98 Å². The molecule has 3 N–H and O–H groups in total. The summed E-state index contributed by atoms with van der Waals surface area (Å²) in [4.78, 5) is 16.9. The van der Waals surface area contributed by atoms with E-state index in [0.29, 0.717) is 28.6 Å². The van der Waals surface area contributed by atoms with Crippen LogP contribution in [0.25, 0.3) is 11.8 Å². The van der Waals surface area contributed by atoms with Crippen molar-refractivity contribution in [2.75, 3.05) is 14.2 Å². The number of aryl methyl sites for hydroxylation is 1. The molecule has 0 bridgehead atoms. The van der Waals surface area contributed by atoms with E-state index in [-0.39, 0.29) is 10.7 Å². The van der Waals surface area contributed by atoms with Gasteiger partial charge in [0.15, 0.2) is 17.3 Å². The standard InChI is InChI=1S/C20H20N4O3S/c1-12-4-7-14(8-5-12)19(25)21-15(18-22-20(28)24-23-18)10-13-6-9-16(26-2)17(11-13)27-3/h4-11H,1-3H3,(H,21,25)(H2,22,23,24,28)/b15-10-. The molecule has 3 rings (SSSR count). The van der Waals surface area contributed by atoms with Gasteiger partial charge >= 0.3 is 0 Å². The molecule has 0 aliphatic carbocycles. The van der Waals surface area contributed by atoms with Crippen LogP contribution in [0, 0.1) is 11.7 Å². The van der Waals surface area contributed by atoms with Crippen molar-refractivity contribution in [1.82, 2.24) is 20.5 Å². The number of amides is 1. The first-order valence-electron chi connectivity index (χ1n) is 8.47. The smallest absolute Gasteiger partial charge is 0.255 e. The lowest BCUT2D eigenvalue weighted by molar-refractivity contribution is 0.0973. The summed E-state index contributed by atoms with van der Waals surface area (Å²) in [6.07, 6.45) is 1.77. The zero-order chi connectivity index (χ0) is 20.1. The number of H-pyrrole nitrogens is 2. The first kappa shape index (κ1) is 19.4. The third-order valence-corrected chi connectivity index (χ3v) is 4.23. The Labute approximate surface area is 167 Å². The van der Waals surface area contributed by atoms with E-state index in [9.17, 15) is 4.79 Å². The number of hydrogen-bond acceptors (Lipinski definition) is 5. The van der Waals surface area contributed by atoms with Crippen LogP contribution >= 0.6 is 12.2 Å². The topological polar surface area (TPSA) is 92.0 Å². The Morgan fingerprint density at radius 3 is 2.39 bits per heavy atom. The Bertz CT molecular complexity index is 1070. The maximum absolute atomic E-state index is 12.7. The molecule has 3 aromatic rings. The lowest BCUT2D eigenvalue weighted by Crippen LogP contribution is -2.22. The Balaban J connectivity index is 1.97. The molecule has 8 heteroatoms. The van der Waals surface area contributed by atoms with E-state index in [1.165, 1.54) is 0 Å². The van der Waals surface area contributed by atoms with Crippen LogP contribution in [0.4, 0.5) is 0 Å². The second-order valence-corrected chi connectivity index (χ2v) is 6.39. The summed E-state index contributed by atoms with van der Waals surface area (Å²) in [7, 11) is 3.14. The van der Waals surface area contributed by atoms with Gasteiger partial charge in [0.05, 0.1) is 19.9 Å². The van der Waals surface area contributed by atoms with Crippen molar-refractivity contribution < 1.29 is 14.3 Å². The number of nitrogens with zero attached hydrogens (tertiary/aromatic N) is 1. The van der Waals surface area contributed by atoms with Gasteiger partial charge < -0.3 is 14.8 Å². The summed E-state index contributed by atoms with van der Waals surface area (Å²) >= 11 is 5.04. The molecule has 7 nitrogen and oxygen atoms in total. The Morgan fingerprint density at radius 2 is 1.79 bits per heavy atom. The summed E-state index contributed by atoms with van der Waals surface area (Å²) in [5.74, 6) is 1.36. The lowest BCUT2D eigenvalue weighted by Gasteiger charge is -2.10. The first-order valence-corrected chi connectivity index (χ1v) is 8.88. The van der Waals surface area contributed by atoms with Crippen LogP contribution in [0.15, 0.2) is 42.5 Å². The summed E-state index contributed by atoms with van der Waals surface area (Å²) in [5.41, 5.74) is 2.87. The number of carbonyl (C=O) groups is 1. The highest BCUT2D eigenvalue weighted by Gasteiger charge is 2.13. The minimum atomic E-state index is -0.256. The van der Waals surface area contributed by atoms with Crippen molar-refractivity contribution in [3.63, 3.8) is 0 Å². The summed E-state index contributed by atoms with van der Waals surface area (Å²) in [5, 5.41) is 8.49. The number of hydrogen-bond donors (Lipinski definition) is 3. The fourth-order valence-corrected chi connectivity index (χ4v) is 2.71. The van der Waals surface area contributed by atoms with Crippen molar-refractivity contribution in [3.8, 4) is 11.5 Å². The summed E-state index contributed by atoms with van der Waals surface area (Å²) in [6, 6.07) is 12.7. The third kappa shape index (κ3) is 4.47. The third-order valence-electron chi connectivity index (χ3n) is 4.04. The van der Waals surface area contributed by atoms with Gasteiger partial charge in [0.25, 0.3) is 5.91 Å². The zero-order valence-electron chi connectivity index (χ0n) is 15.7. The van der Waals surface area contributed by atoms with Gasteiger partial charge in [0.1, 0.15) is 0 Å². The number of methoxy groups -OCH3 is 2. The normalized spacial score (nSPS) is 11.2. The molecule has 0 aliphatic heterocycles. The number of ether oxygens (including phenoxy) is 2. The number of aromatic nitrogens is 3. The summed E-state index contributed by atoms with van der Waals surface area (Å²) in [6.45, 7) is 1.97. The SMILES string of the molecule is COc1ccc(/C=C(\NC(=O)c2ccc(C)cc2)c2nc(=S)[nH][nH]2)cc1OC. The molecular weight excluding hydrogens is 376 g/mol. The summed E-state index contributed by atoms with van der Waals surface area (Å²) < 4.78 is 10.9. The second-order valence-electron chi connectivity index (χ2n) is 6.01. The van der Waals surface area contributed by atoms with Crippen LogP contribution in [-0.4, -0.2) is 35.3 Å². The second kappa shape index (κ2) is 8.53. The van der Waals surface area contributed by atoms with Crippen molar-refractivity contribution in [3.05, 3.63) is 69.8 Å². The molecule has 2 aromatic carbocycles. The molecule has 0 aliphatic rings. The largest absolute Gasteiger partial charge is 0.493 e. The van der Waals surface area contributed by atoms with E-state index in [4.69, 9.17) is 21.7 Å². The first-order chi connectivity index (χ1) is 13.5. The molecule has 1 aromatic heterocycles. The quantitative estimate of drug-likeness (QED) is 0.552. The molecule has 1 heterocycles. The zero-order valence-corrected chi connectivity index (χ0v) is 16.5. The van der Waals surface area contributed by atoms with Crippen molar-refractivity contribution >= 4 is 29.9 Å². The Kier molecular flexibility index (Phi) is 5.90. The maximum atomic E-state index is 12.7. The predicted octanol–water partition coefficient (Wildman–Crippen LogP) is 3.72. The average Bonchev–Trinajstić information content (AvgIpc) is 3.14. The number of rotatable bonds is 6. The molecule has 1 amide bonds. The van der Waals surface area contributed by atoms with Gasteiger partial charge in [-0.3, -0.25) is 15.0 Å². The molecule has 0 radical (unpaired) electrons. The molecule has 0 fully saturated rings. The van der Waals surface area contributed by atoms with Crippen LogP contribution < -0.4 is 14.8 Å². The fourth-order valence-electron chi connectivity index (χ4n) is 2.57. The molecule has 0 saturated carbocycles. The van der Waals surface area contributed by atoms with Crippen LogP contribution in [0.2, 0.25) is 0 Å². The van der Waals surface area contributed by atoms with Gasteiger partial charge in [0.2, 0.25) is 4.77 Å². The van der Waals surface area contributed by atoms with Gasteiger partial charge in [-0.25, -0.2) is 0 Å². The van der Waals surface area contributed by atoms with Crippen LogP contribution in [0.1, 0.15) is 27.3 Å². The molecule has 144 valence electrons. The van der Waals surface area contributed by atoms with E-state index < -0.39 is 0 Å². The molecule has 0 saturated heterocycles. The number of nitrogens with one attached hydrogen (secondary N) is 3. The molecular formula is C20H20N4O3S. The van der Waals surface area contributed by atoms with Gasteiger partial charge in [0, 0.05) is 5.56 Å². The van der Waals surface area contributed by atoms with Crippen molar-refractivity contribution in [2.45, 2.75) is 6.92 Å². The lowest BCUT2D eigenvalue weighted by atomic mass is 10.1. The molecule has 0 unspecified atom stereocenters. The van der Waals surface area contributed by atoms with Crippen molar-refractivity contribution in [2.24, 2.45) is 0 Å². The number of aromatic amines is 2. The Morgan fingerprint density at radius 1 is 1.07 bits per heavy atom. The number of benzene rings is 2. The fraction of sp³-hybridized carbons (Fsp3) is 0.150. The van der Waals surface area contributed by atoms with E-state index in [1.54, 1.807) is 44.6 Å². The maximum Gasteiger partial charge on any atom is 0.255 e. The van der Waals surface area contributed by atoms with Crippen LogP contribution in [-0.2, 0) is 0 Å². The number of carbonyl (C=O) groups excluding carboxylic acids is 1. The average molecular weight is 396 g/mol. The predicted molar refractivity (Wildman–Crippen MR) is 110 cm³/mol. The monoisotopic (exact) mass is 396 g/mol. The van der Waals surface area contributed by atoms with E-state index in [2.05, 4.69) is 20.5 Å². The van der Waals surface area contributed by atoms with E-state index >= 15 is 0 Å². The minimum Gasteiger partial charge on any atom is -0.493 e. The van der Waals surface area contributed by atoms with Crippen LogP contribution in [0.5, 0.6) is 11.5 Å². The highest BCUT2D eigenvalue weighted by Crippen LogP contribution is 2.28. The molecule has 0 atom stereocenters. The van der Waals surface area contributed by atoms with Crippen LogP contribution in [0.3, 0.4) is 0 Å².